The van der Waals surface area contributed by atoms with E-state index in [1.165, 1.54) is 14.2 Å². The van der Waals surface area contributed by atoms with Gasteiger partial charge < -0.3 is 19.5 Å². The van der Waals surface area contributed by atoms with Gasteiger partial charge in [0.25, 0.3) is 5.91 Å². The summed E-state index contributed by atoms with van der Waals surface area (Å²) in [5.41, 5.74) is 0.451. The molecule has 0 aromatic heterocycles. The van der Waals surface area contributed by atoms with Gasteiger partial charge in [0.1, 0.15) is 0 Å². The van der Waals surface area contributed by atoms with Gasteiger partial charge in [-0.05, 0) is 18.6 Å². The van der Waals surface area contributed by atoms with Crippen LogP contribution in [0.25, 0.3) is 0 Å². The van der Waals surface area contributed by atoms with Gasteiger partial charge in [-0.15, -0.1) is 0 Å². The van der Waals surface area contributed by atoms with E-state index in [-0.39, 0.29) is 5.91 Å². The molecule has 0 aliphatic carbocycles. The number of nitrogens with one attached hydrogen (secondary N) is 1. The van der Waals surface area contributed by atoms with Crippen molar-refractivity contribution >= 4 is 17.5 Å². The molecular weight excluding hydrogens is 282 g/mol. The fraction of sp³-hybridized carbons (Fsp3) is 0.500. The van der Waals surface area contributed by atoms with Gasteiger partial charge in [-0.3, -0.25) is 4.79 Å². The molecule has 1 fully saturated rings. The van der Waals surface area contributed by atoms with E-state index in [9.17, 15) is 4.79 Å². The molecule has 110 valence electrons. The molecule has 5 nitrogen and oxygen atoms in total. The Bertz CT molecular complexity index is 486. The number of halogens is 1. The van der Waals surface area contributed by atoms with Crippen LogP contribution < -0.4 is 14.8 Å². The van der Waals surface area contributed by atoms with Crippen molar-refractivity contribution in [1.29, 1.82) is 0 Å². The van der Waals surface area contributed by atoms with Gasteiger partial charge in [0.05, 0.1) is 25.8 Å². The first-order valence-corrected chi connectivity index (χ1v) is 6.81. The molecule has 1 aromatic carbocycles. The molecule has 0 spiro atoms. The molecule has 0 bridgehead atoms. The smallest absolute Gasteiger partial charge is 0.251 e. The molecule has 2 rings (SSSR count). The summed E-state index contributed by atoms with van der Waals surface area (Å²) in [7, 11) is 3.01. The van der Waals surface area contributed by atoms with E-state index < -0.39 is 0 Å². The predicted octanol–water partition coefficient (Wildman–Crippen LogP) is 2.12. The van der Waals surface area contributed by atoms with E-state index in [2.05, 4.69) is 5.32 Å². The van der Waals surface area contributed by atoms with Crippen molar-refractivity contribution < 1.29 is 19.0 Å². The molecule has 1 atom stereocenters. The van der Waals surface area contributed by atoms with Crippen molar-refractivity contribution in [1.82, 2.24) is 5.32 Å². The number of hydrogen-bond donors (Lipinski definition) is 1. The fourth-order valence-electron chi connectivity index (χ4n) is 2.13. The molecule has 1 aliphatic heterocycles. The summed E-state index contributed by atoms with van der Waals surface area (Å²) in [4.78, 5) is 12.1. The van der Waals surface area contributed by atoms with E-state index in [0.29, 0.717) is 41.2 Å². The van der Waals surface area contributed by atoms with E-state index in [1.54, 1.807) is 12.1 Å². The molecule has 0 saturated carbocycles. The highest BCUT2D eigenvalue weighted by molar-refractivity contribution is 6.32. The van der Waals surface area contributed by atoms with E-state index in [0.717, 1.165) is 13.0 Å². The van der Waals surface area contributed by atoms with Crippen molar-refractivity contribution in [3.63, 3.8) is 0 Å². The number of carbonyl (C=O) groups excluding carboxylic acids is 1. The maximum absolute atomic E-state index is 12.1. The van der Waals surface area contributed by atoms with Gasteiger partial charge in [0.15, 0.2) is 11.5 Å². The van der Waals surface area contributed by atoms with Crippen LogP contribution in [0.1, 0.15) is 16.8 Å². The quantitative estimate of drug-likeness (QED) is 0.905. The number of methoxy groups -OCH3 is 2. The molecule has 1 N–H and O–H groups in total. The summed E-state index contributed by atoms with van der Waals surface area (Å²) in [6.45, 7) is 2.07. The van der Waals surface area contributed by atoms with Crippen LogP contribution in [0.2, 0.25) is 5.02 Å². The van der Waals surface area contributed by atoms with Crippen molar-refractivity contribution in [2.75, 3.05) is 34.0 Å². The van der Waals surface area contributed by atoms with Crippen LogP contribution in [0.5, 0.6) is 11.5 Å². The standard InChI is InChI=1S/C14H18ClNO4/c1-18-12-6-10(5-11(15)13(12)19-2)14(17)16-7-9-3-4-20-8-9/h5-6,9H,3-4,7-8H2,1-2H3,(H,16,17)/t9-/m1/s1. The van der Waals surface area contributed by atoms with E-state index >= 15 is 0 Å². The lowest BCUT2D eigenvalue weighted by Gasteiger charge is -2.13. The second-order valence-electron chi connectivity index (χ2n) is 4.63. The first-order chi connectivity index (χ1) is 9.65. The third-order valence-corrected chi connectivity index (χ3v) is 3.55. The third-order valence-electron chi connectivity index (χ3n) is 3.27. The molecule has 1 heterocycles. The average molecular weight is 300 g/mol. The van der Waals surface area contributed by atoms with Crippen molar-refractivity contribution in [2.24, 2.45) is 5.92 Å². The molecule has 6 heteroatoms. The predicted molar refractivity (Wildman–Crippen MR) is 75.8 cm³/mol. The number of rotatable bonds is 5. The highest BCUT2D eigenvalue weighted by Gasteiger charge is 2.18. The second-order valence-corrected chi connectivity index (χ2v) is 5.04. The lowest BCUT2D eigenvalue weighted by molar-refractivity contribution is 0.0944. The largest absolute Gasteiger partial charge is 0.493 e. The number of carbonyl (C=O) groups is 1. The van der Waals surface area contributed by atoms with Crippen LogP contribution in [0.15, 0.2) is 12.1 Å². The van der Waals surface area contributed by atoms with Gasteiger partial charge in [-0.2, -0.15) is 0 Å². The van der Waals surface area contributed by atoms with E-state index in [1.807, 2.05) is 0 Å². The summed E-state index contributed by atoms with van der Waals surface area (Å²) in [6, 6.07) is 3.19. The minimum absolute atomic E-state index is 0.181. The Hall–Kier alpha value is -1.46. The summed E-state index contributed by atoms with van der Waals surface area (Å²) < 4.78 is 15.6. The van der Waals surface area contributed by atoms with Crippen molar-refractivity contribution in [3.05, 3.63) is 22.7 Å². The minimum atomic E-state index is -0.181. The van der Waals surface area contributed by atoms with Gasteiger partial charge in [0.2, 0.25) is 0 Å². The monoisotopic (exact) mass is 299 g/mol. The Morgan fingerprint density at radius 1 is 1.45 bits per heavy atom. The lowest BCUT2D eigenvalue weighted by Crippen LogP contribution is -2.29. The van der Waals surface area contributed by atoms with Gasteiger partial charge in [-0.25, -0.2) is 0 Å². The van der Waals surface area contributed by atoms with Crippen LogP contribution >= 0.6 is 11.6 Å². The fourth-order valence-corrected chi connectivity index (χ4v) is 2.42. The average Bonchev–Trinajstić information content (AvgIpc) is 2.97. The zero-order valence-corrected chi connectivity index (χ0v) is 12.3. The zero-order chi connectivity index (χ0) is 14.5. The maximum atomic E-state index is 12.1. The Morgan fingerprint density at radius 2 is 2.25 bits per heavy atom. The number of benzene rings is 1. The summed E-state index contributed by atoms with van der Waals surface area (Å²) in [6.07, 6.45) is 0.979. The Kier molecular flexibility index (Phi) is 5.09. The Balaban J connectivity index is 2.07. The maximum Gasteiger partial charge on any atom is 0.251 e. The first-order valence-electron chi connectivity index (χ1n) is 6.43. The van der Waals surface area contributed by atoms with Crippen LogP contribution in [0, 0.1) is 5.92 Å². The molecule has 1 saturated heterocycles. The molecule has 1 amide bonds. The highest BCUT2D eigenvalue weighted by Crippen LogP contribution is 2.35. The molecule has 20 heavy (non-hydrogen) atoms. The third kappa shape index (κ3) is 3.35. The van der Waals surface area contributed by atoms with Crippen molar-refractivity contribution in [3.8, 4) is 11.5 Å². The lowest BCUT2D eigenvalue weighted by atomic mass is 10.1. The van der Waals surface area contributed by atoms with Gasteiger partial charge in [0, 0.05) is 24.6 Å². The number of ether oxygens (including phenoxy) is 3. The first kappa shape index (κ1) is 14.9. The number of amides is 1. The SMILES string of the molecule is COc1cc(C(=O)NC[C@H]2CCOC2)cc(Cl)c1OC. The van der Waals surface area contributed by atoms with Crippen molar-refractivity contribution in [2.45, 2.75) is 6.42 Å². The van der Waals surface area contributed by atoms with Crippen LogP contribution in [-0.4, -0.2) is 39.9 Å². The normalized spacial score (nSPS) is 17.9. The molecule has 1 aromatic rings. The summed E-state index contributed by atoms with van der Waals surface area (Å²) >= 11 is 6.08. The van der Waals surface area contributed by atoms with Gasteiger partial charge in [-0.1, -0.05) is 11.6 Å². The minimum Gasteiger partial charge on any atom is -0.493 e. The topological polar surface area (TPSA) is 56.8 Å². The van der Waals surface area contributed by atoms with Crippen LogP contribution in [0.4, 0.5) is 0 Å². The molecule has 0 radical (unpaired) electrons. The van der Waals surface area contributed by atoms with Crippen LogP contribution in [-0.2, 0) is 4.74 Å². The number of hydrogen-bond acceptors (Lipinski definition) is 4. The van der Waals surface area contributed by atoms with E-state index in [4.69, 9.17) is 25.8 Å². The Labute approximate surface area is 123 Å². The molecule has 1 aliphatic rings. The zero-order valence-electron chi connectivity index (χ0n) is 11.6. The molecular formula is C14H18ClNO4. The summed E-state index contributed by atoms with van der Waals surface area (Å²) in [5.74, 6) is 1.07. The highest BCUT2D eigenvalue weighted by atomic mass is 35.5. The van der Waals surface area contributed by atoms with Gasteiger partial charge >= 0.3 is 0 Å². The van der Waals surface area contributed by atoms with Crippen LogP contribution in [0.3, 0.4) is 0 Å². The Morgan fingerprint density at radius 3 is 2.85 bits per heavy atom. The summed E-state index contributed by atoms with van der Waals surface area (Å²) in [5, 5.41) is 3.23. The second kappa shape index (κ2) is 6.81. The molecule has 0 unspecified atom stereocenters.